The summed E-state index contributed by atoms with van der Waals surface area (Å²) in [6.45, 7) is 5.11. The first kappa shape index (κ1) is 20.0. The summed E-state index contributed by atoms with van der Waals surface area (Å²) in [5, 5.41) is 0. The fourth-order valence-corrected chi connectivity index (χ4v) is 3.74. The Morgan fingerprint density at radius 2 is 1.60 bits per heavy atom. The molecule has 1 amide bonds. The topological polar surface area (TPSA) is 51.5 Å². The van der Waals surface area contributed by atoms with Gasteiger partial charge in [0.05, 0.1) is 6.54 Å². The molecule has 30 heavy (non-hydrogen) atoms. The summed E-state index contributed by atoms with van der Waals surface area (Å²) in [5.74, 6) is 0.578. The molecule has 154 valence electrons. The minimum Gasteiger partial charge on any atom is -0.488 e. The van der Waals surface area contributed by atoms with Gasteiger partial charge in [0.25, 0.3) is 11.5 Å². The number of hydrogen-bond acceptors (Lipinski definition) is 3. The molecule has 2 aromatic carbocycles. The van der Waals surface area contributed by atoms with Crippen LogP contribution in [0.5, 0.6) is 5.75 Å². The zero-order valence-corrected chi connectivity index (χ0v) is 17.6. The quantitative estimate of drug-likeness (QED) is 0.664. The number of hydrogen-bond donors (Lipinski definition) is 0. The highest BCUT2D eigenvalue weighted by atomic mass is 16.5. The molecule has 1 atom stereocenters. The normalized spacial score (nSPS) is 16.0. The molecule has 1 saturated heterocycles. The van der Waals surface area contributed by atoms with Crippen molar-refractivity contribution >= 4 is 5.91 Å². The van der Waals surface area contributed by atoms with Gasteiger partial charge in [0.2, 0.25) is 0 Å². The maximum Gasteiger partial charge on any atom is 0.254 e. The third kappa shape index (κ3) is 4.15. The lowest BCUT2D eigenvalue weighted by Crippen LogP contribution is -2.31. The van der Waals surface area contributed by atoms with Gasteiger partial charge in [0.15, 0.2) is 0 Å². The first-order chi connectivity index (χ1) is 14.4. The van der Waals surface area contributed by atoms with Crippen LogP contribution in [0.1, 0.15) is 28.0 Å². The Morgan fingerprint density at radius 1 is 0.967 bits per heavy atom. The Balaban J connectivity index is 1.41. The van der Waals surface area contributed by atoms with Crippen molar-refractivity contribution in [3.8, 4) is 16.9 Å². The first-order valence-corrected chi connectivity index (χ1v) is 10.2. The average molecular weight is 402 g/mol. The highest BCUT2D eigenvalue weighted by molar-refractivity contribution is 5.95. The van der Waals surface area contributed by atoms with Crippen LogP contribution in [0.15, 0.2) is 65.5 Å². The van der Waals surface area contributed by atoms with E-state index in [0.717, 1.165) is 23.2 Å². The Kier molecular flexibility index (Phi) is 5.44. The van der Waals surface area contributed by atoms with Gasteiger partial charge < -0.3 is 14.2 Å². The van der Waals surface area contributed by atoms with E-state index in [1.807, 2.05) is 42.2 Å². The van der Waals surface area contributed by atoms with Crippen molar-refractivity contribution in [2.75, 3.05) is 13.1 Å². The number of ether oxygens (including phenoxy) is 1. The largest absolute Gasteiger partial charge is 0.488 e. The van der Waals surface area contributed by atoms with E-state index < -0.39 is 0 Å². The van der Waals surface area contributed by atoms with Gasteiger partial charge in [-0.3, -0.25) is 9.59 Å². The predicted molar refractivity (Wildman–Crippen MR) is 118 cm³/mol. The number of carbonyl (C=O) groups is 1. The van der Waals surface area contributed by atoms with Crippen LogP contribution >= 0.6 is 0 Å². The summed E-state index contributed by atoms with van der Waals surface area (Å²) in [6.07, 6.45) is 0.647. The lowest BCUT2D eigenvalue weighted by atomic mass is 10.0. The maximum absolute atomic E-state index is 12.9. The third-order valence-electron chi connectivity index (χ3n) is 5.73. The van der Waals surface area contributed by atoms with E-state index in [1.54, 1.807) is 11.6 Å². The highest BCUT2D eigenvalue weighted by Gasteiger charge is 2.28. The molecule has 0 N–H and O–H groups in total. The van der Waals surface area contributed by atoms with Crippen molar-refractivity contribution in [2.45, 2.75) is 26.4 Å². The van der Waals surface area contributed by atoms with E-state index in [9.17, 15) is 9.59 Å². The second kappa shape index (κ2) is 8.19. The van der Waals surface area contributed by atoms with Crippen LogP contribution in [0, 0.1) is 13.8 Å². The Labute approximate surface area is 176 Å². The highest BCUT2D eigenvalue weighted by Crippen LogP contribution is 2.23. The van der Waals surface area contributed by atoms with E-state index in [4.69, 9.17) is 4.74 Å². The van der Waals surface area contributed by atoms with Crippen molar-refractivity contribution in [3.05, 3.63) is 87.8 Å². The molecule has 1 aliphatic rings. The first-order valence-electron chi connectivity index (χ1n) is 10.2. The standard InChI is InChI=1S/C25H26N2O3/c1-17-4-6-19(7-5-17)20-8-10-21(11-9-20)25(29)27-13-12-22(16-27)30-23-14-18(2)26(3)24(28)15-23/h4-11,14-15,22H,12-13,16H2,1-3H3. The summed E-state index contributed by atoms with van der Waals surface area (Å²) in [7, 11) is 1.74. The van der Waals surface area contributed by atoms with Crippen molar-refractivity contribution in [1.29, 1.82) is 0 Å². The molecule has 0 radical (unpaired) electrons. The van der Waals surface area contributed by atoms with Crippen LogP contribution < -0.4 is 10.3 Å². The number of carbonyl (C=O) groups excluding carboxylic acids is 1. The van der Waals surface area contributed by atoms with E-state index in [-0.39, 0.29) is 17.6 Å². The molecule has 3 aromatic rings. The van der Waals surface area contributed by atoms with Crippen LogP contribution in [0.25, 0.3) is 11.1 Å². The number of benzene rings is 2. The molecule has 5 nitrogen and oxygen atoms in total. The number of aryl methyl sites for hydroxylation is 2. The van der Waals surface area contributed by atoms with Crippen molar-refractivity contribution < 1.29 is 9.53 Å². The third-order valence-corrected chi connectivity index (χ3v) is 5.73. The molecule has 4 rings (SSSR count). The predicted octanol–water partition coefficient (Wildman–Crippen LogP) is 3.96. The van der Waals surface area contributed by atoms with Gasteiger partial charge in [-0.15, -0.1) is 0 Å². The van der Waals surface area contributed by atoms with Crippen molar-refractivity contribution in [2.24, 2.45) is 7.05 Å². The van der Waals surface area contributed by atoms with Gasteiger partial charge in [-0.05, 0) is 43.2 Å². The molecule has 1 fully saturated rings. The smallest absolute Gasteiger partial charge is 0.254 e. The number of aromatic nitrogens is 1. The molecule has 0 bridgehead atoms. The molecular weight excluding hydrogens is 376 g/mol. The zero-order chi connectivity index (χ0) is 21.3. The number of rotatable bonds is 4. The van der Waals surface area contributed by atoms with Gasteiger partial charge in [0.1, 0.15) is 11.9 Å². The molecule has 1 unspecified atom stereocenters. The molecule has 0 spiro atoms. The number of likely N-dealkylation sites (tertiary alicyclic amines) is 1. The molecule has 5 heteroatoms. The summed E-state index contributed by atoms with van der Waals surface area (Å²) in [6, 6.07) is 19.5. The van der Waals surface area contributed by atoms with Crippen LogP contribution in [0.4, 0.5) is 0 Å². The van der Waals surface area contributed by atoms with Crippen molar-refractivity contribution in [1.82, 2.24) is 9.47 Å². The molecule has 1 aliphatic heterocycles. The van der Waals surface area contributed by atoms with E-state index in [0.29, 0.717) is 24.4 Å². The summed E-state index contributed by atoms with van der Waals surface area (Å²) >= 11 is 0. The SMILES string of the molecule is Cc1ccc(-c2ccc(C(=O)N3CCC(Oc4cc(C)n(C)c(=O)c4)C3)cc2)cc1. The minimum atomic E-state index is -0.104. The van der Waals surface area contributed by atoms with E-state index >= 15 is 0 Å². The molecule has 2 heterocycles. The fraction of sp³-hybridized carbons (Fsp3) is 0.280. The van der Waals surface area contributed by atoms with Crippen molar-refractivity contribution in [3.63, 3.8) is 0 Å². The minimum absolute atomic E-state index is 0.0108. The second-order valence-electron chi connectivity index (χ2n) is 7.95. The monoisotopic (exact) mass is 402 g/mol. The Hall–Kier alpha value is -3.34. The Morgan fingerprint density at radius 3 is 2.23 bits per heavy atom. The molecule has 1 aromatic heterocycles. The lowest BCUT2D eigenvalue weighted by Gasteiger charge is -2.18. The van der Waals surface area contributed by atoms with Gasteiger partial charge >= 0.3 is 0 Å². The number of amides is 1. The second-order valence-corrected chi connectivity index (χ2v) is 7.95. The average Bonchev–Trinajstić information content (AvgIpc) is 3.20. The Bertz CT molecular complexity index is 1110. The molecular formula is C25H26N2O3. The fourth-order valence-electron chi connectivity index (χ4n) is 3.74. The van der Waals surface area contributed by atoms with Gasteiger partial charge in [-0.25, -0.2) is 0 Å². The molecule has 0 aliphatic carbocycles. The van der Waals surface area contributed by atoms with Gasteiger partial charge in [-0.2, -0.15) is 0 Å². The van der Waals surface area contributed by atoms with E-state index in [1.165, 1.54) is 11.6 Å². The van der Waals surface area contributed by atoms with Crippen LogP contribution in [0.2, 0.25) is 0 Å². The summed E-state index contributed by atoms with van der Waals surface area (Å²) in [4.78, 5) is 26.7. The lowest BCUT2D eigenvalue weighted by molar-refractivity contribution is 0.0772. The maximum atomic E-state index is 12.9. The summed E-state index contributed by atoms with van der Waals surface area (Å²) < 4.78 is 7.57. The van der Waals surface area contributed by atoms with Gasteiger partial charge in [0, 0.05) is 37.3 Å². The van der Waals surface area contributed by atoms with Crippen LogP contribution in [0.3, 0.4) is 0 Å². The number of nitrogens with zero attached hydrogens (tertiary/aromatic N) is 2. The summed E-state index contributed by atoms with van der Waals surface area (Å²) in [5.41, 5.74) is 4.88. The zero-order valence-electron chi connectivity index (χ0n) is 17.6. The number of pyridine rings is 1. The molecule has 0 saturated carbocycles. The van der Waals surface area contributed by atoms with Crippen LogP contribution in [-0.4, -0.2) is 34.6 Å². The van der Waals surface area contributed by atoms with Crippen LogP contribution in [-0.2, 0) is 7.05 Å². The van der Waals surface area contributed by atoms with E-state index in [2.05, 4.69) is 31.2 Å². The van der Waals surface area contributed by atoms with Gasteiger partial charge in [-0.1, -0.05) is 42.0 Å².